The zero-order chi connectivity index (χ0) is 32.7. The van der Waals surface area contributed by atoms with Crippen molar-refractivity contribution in [3.05, 3.63) is 170 Å². The van der Waals surface area contributed by atoms with Gasteiger partial charge in [-0.15, -0.1) is 0 Å². The van der Waals surface area contributed by atoms with Crippen LogP contribution < -0.4 is 4.90 Å². The first kappa shape index (κ1) is 30.2. The number of Topliss-reactive ketones (excluding diaryl/α,β-unsaturated/α-hetero) is 1. The van der Waals surface area contributed by atoms with Crippen LogP contribution in [0.3, 0.4) is 0 Å². The molecular formula is C39H23Cl4NO3. The van der Waals surface area contributed by atoms with Crippen LogP contribution in [-0.4, -0.2) is 17.6 Å². The molecule has 8 heteroatoms. The van der Waals surface area contributed by atoms with Gasteiger partial charge in [-0.25, -0.2) is 4.90 Å². The summed E-state index contributed by atoms with van der Waals surface area (Å²) in [5.74, 6) is -3.47. The van der Waals surface area contributed by atoms with E-state index in [4.69, 9.17) is 46.4 Å². The third-order valence-electron chi connectivity index (χ3n) is 9.87. The Morgan fingerprint density at radius 2 is 0.894 bits per heavy atom. The lowest BCUT2D eigenvalue weighted by Crippen LogP contribution is -2.45. The number of imide groups is 1. The second kappa shape index (κ2) is 10.9. The molecule has 0 N–H and O–H groups in total. The molecule has 47 heavy (non-hydrogen) atoms. The van der Waals surface area contributed by atoms with E-state index < -0.39 is 34.5 Å². The summed E-state index contributed by atoms with van der Waals surface area (Å²) < 4.78 is 0. The molecule has 1 saturated carbocycles. The molecule has 2 bridgehead atoms. The number of hydrogen-bond donors (Lipinski definition) is 0. The zero-order valence-corrected chi connectivity index (χ0v) is 27.5. The van der Waals surface area contributed by atoms with E-state index >= 15 is 14.4 Å². The molecule has 1 heterocycles. The highest BCUT2D eigenvalue weighted by atomic mass is 35.5. The second-order valence-electron chi connectivity index (χ2n) is 12.0. The van der Waals surface area contributed by atoms with Crippen LogP contribution in [0.4, 0.5) is 5.69 Å². The van der Waals surface area contributed by atoms with Gasteiger partial charge in [0.1, 0.15) is 0 Å². The van der Waals surface area contributed by atoms with Crippen LogP contribution in [0.2, 0.25) is 20.1 Å². The normalized spacial score (nSPS) is 24.8. The Morgan fingerprint density at radius 3 is 1.30 bits per heavy atom. The number of carbonyl (C=O) groups excluding carboxylic acids is 3. The molecule has 230 valence electrons. The molecule has 2 aliphatic carbocycles. The van der Waals surface area contributed by atoms with Crippen molar-refractivity contribution in [1.29, 1.82) is 0 Å². The molecule has 5 aromatic carbocycles. The highest BCUT2D eigenvalue weighted by Crippen LogP contribution is 2.74. The summed E-state index contributed by atoms with van der Waals surface area (Å²) >= 11 is 25.7. The van der Waals surface area contributed by atoms with Gasteiger partial charge in [-0.2, -0.15) is 0 Å². The van der Waals surface area contributed by atoms with E-state index in [1.54, 1.807) is 60.7 Å². The highest BCUT2D eigenvalue weighted by molar-refractivity contribution is 6.42. The van der Waals surface area contributed by atoms with Crippen LogP contribution in [0.25, 0.3) is 11.1 Å². The third-order valence-corrected chi connectivity index (χ3v) is 10.9. The number of allylic oxidation sites excluding steroid dienone is 2. The second-order valence-corrected chi connectivity index (χ2v) is 13.7. The maximum Gasteiger partial charge on any atom is 0.239 e. The van der Waals surface area contributed by atoms with Crippen LogP contribution in [-0.2, 0) is 25.2 Å². The Morgan fingerprint density at radius 1 is 0.489 bits per heavy atom. The van der Waals surface area contributed by atoms with Gasteiger partial charge in [0.2, 0.25) is 11.8 Å². The van der Waals surface area contributed by atoms with Crippen LogP contribution in [0, 0.1) is 11.8 Å². The molecule has 1 aliphatic heterocycles. The summed E-state index contributed by atoms with van der Waals surface area (Å²) in [5, 5.41) is 1.47. The van der Waals surface area contributed by atoms with Crippen molar-refractivity contribution in [2.24, 2.45) is 11.8 Å². The number of anilines is 1. The van der Waals surface area contributed by atoms with Crippen LogP contribution in [0.1, 0.15) is 22.3 Å². The summed E-state index contributed by atoms with van der Waals surface area (Å²) in [5.41, 5.74) is 1.13. The smallest absolute Gasteiger partial charge is 0.239 e. The molecule has 2 fully saturated rings. The number of benzene rings is 5. The minimum atomic E-state index is -1.57. The number of hydrogen-bond acceptors (Lipinski definition) is 3. The summed E-state index contributed by atoms with van der Waals surface area (Å²) in [7, 11) is 0. The molecule has 4 nitrogen and oxygen atoms in total. The Kier molecular flexibility index (Phi) is 7.02. The van der Waals surface area contributed by atoms with Gasteiger partial charge in [0, 0.05) is 15.1 Å². The number of nitrogens with zero attached hydrogens (tertiary/aromatic N) is 1. The van der Waals surface area contributed by atoms with Gasteiger partial charge in [0.05, 0.1) is 33.4 Å². The maximum absolute atomic E-state index is 15.9. The fourth-order valence-electron chi connectivity index (χ4n) is 8.26. The van der Waals surface area contributed by atoms with Gasteiger partial charge in [-0.1, -0.05) is 131 Å². The van der Waals surface area contributed by atoms with E-state index in [0.717, 1.165) is 16.0 Å². The molecule has 0 spiro atoms. The molecule has 8 rings (SSSR count). The fraction of sp³-hybridized carbons (Fsp3) is 0.103. The number of amides is 2. The molecule has 1 saturated heterocycles. The van der Waals surface area contributed by atoms with Gasteiger partial charge >= 0.3 is 0 Å². The molecule has 4 atom stereocenters. The molecular weight excluding hydrogens is 672 g/mol. The molecule has 3 aliphatic rings. The van der Waals surface area contributed by atoms with Gasteiger partial charge in [0.15, 0.2) is 5.78 Å². The van der Waals surface area contributed by atoms with Crippen LogP contribution >= 0.6 is 46.4 Å². The maximum atomic E-state index is 15.9. The molecule has 5 aromatic rings. The Hall–Kier alpha value is -4.19. The highest BCUT2D eigenvalue weighted by Gasteiger charge is 2.82. The molecule has 0 unspecified atom stereocenters. The lowest BCUT2D eigenvalue weighted by Gasteiger charge is -2.39. The number of fused-ring (bicyclic) bond motifs is 5. The first-order valence-corrected chi connectivity index (χ1v) is 16.5. The third kappa shape index (κ3) is 3.99. The first-order valence-electron chi connectivity index (χ1n) is 15.0. The van der Waals surface area contributed by atoms with Gasteiger partial charge in [0.25, 0.3) is 0 Å². The number of halogens is 4. The van der Waals surface area contributed by atoms with Crippen molar-refractivity contribution in [2.45, 2.75) is 10.8 Å². The standard InChI is InChI=1S/C39H23Cl4NO3/c40-26-15-11-24(12-16-26)38-31(22-7-3-1-4-8-22)32(23-9-5-2-6-10-23)39(37(38)47,25-13-17-27(41)18-14-25)34-33(38)35(45)44(36(34)46)30-20-19-28(42)21-29(30)43/h1-21,33-34H/t33-,34-,38+,39+/m1/s1. The number of rotatable bonds is 5. The van der Waals surface area contributed by atoms with E-state index in [2.05, 4.69) is 0 Å². The summed E-state index contributed by atoms with van der Waals surface area (Å²) in [6.45, 7) is 0. The Balaban J connectivity index is 1.56. The Bertz CT molecular complexity index is 2020. The summed E-state index contributed by atoms with van der Waals surface area (Å²) in [4.78, 5) is 47.2. The van der Waals surface area contributed by atoms with Gasteiger partial charge < -0.3 is 0 Å². The Labute approximate surface area is 291 Å². The lowest BCUT2D eigenvalue weighted by molar-refractivity contribution is -0.130. The minimum Gasteiger partial charge on any atom is -0.297 e. The van der Waals surface area contributed by atoms with Crippen LogP contribution in [0.5, 0.6) is 0 Å². The first-order chi connectivity index (χ1) is 22.7. The monoisotopic (exact) mass is 693 g/mol. The molecule has 0 radical (unpaired) electrons. The predicted molar refractivity (Wildman–Crippen MR) is 187 cm³/mol. The largest absolute Gasteiger partial charge is 0.297 e. The van der Waals surface area contributed by atoms with Gasteiger partial charge in [-0.3, -0.25) is 14.4 Å². The average molecular weight is 695 g/mol. The van der Waals surface area contributed by atoms with Gasteiger partial charge in [-0.05, 0) is 75.9 Å². The van der Waals surface area contributed by atoms with E-state index in [1.165, 1.54) is 6.07 Å². The van der Waals surface area contributed by atoms with E-state index in [0.29, 0.717) is 37.3 Å². The number of ketones is 1. The van der Waals surface area contributed by atoms with E-state index in [1.807, 2.05) is 60.7 Å². The van der Waals surface area contributed by atoms with Crippen molar-refractivity contribution >= 4 is 80.8 Å². The predicted octanol–water partition coefficient (Wildman–Crippen LogP) is 9.49. The average Bonchev–Trinajstić information content (AvgIpc) is 3.58. The quantitative estimate of drug-likeness (QED) is 0.172. The minimum absolute atomic E-state index is 0.151. The van der Waals surface area contributed by atoms with Crippen molar-refractivity contribution in [2.75, 3.05) is 4.90 Å². The lowest BCUT2D eigenvalue weighted by atomic mass is 9.59. The molecule has 0 aromatic heterocycles. The van der Waals surface area contributed by atoms with Crippen molar-refractivity contribution in [3.8, 4) is 0 Å². The molecule has 2 amide bonds. The number of carbonyl (C=O) groups is 3. The summed E-state index contributed by atoms with van der Waals surface area (Å²) in [6.07, 6.45) is 0. The van der Waals surface area contributed by atoms with E-state index in [9.17, 15) is 0 Å². The van der Waals surface area contributed by atoms with Crippen molar-refractivity contribution in [3.63, 3.8) is 0 Å². The van der Waals surface area contributed by atoms with Crippen molar-refractivity contribution < 1.29 is 14.4 Å². The van der Waals surface area contributed by atoms with Crippen LogP contribution in [0.15, 0.2) is 127 Å². The zero-order valence-electron chi connectivity index (χ0n) is 24.5. The topological polar surface area (TPSA) is 54.5 Å². The fourth-order valence-corrected chi connectivity index (χ4v) is 9.00. The SMILES string of the molecule is O=C1[C@H]2[C@H](C(=O)N1c1ccc(Cl)cc1Cl)[C@@]1(c3ccc(Cl)cc3)C(=O)[C@@]2(c2ccc(Cl)cc2)C(c2ccccc2)=C1c1ccccc1. The van der Waals surface area contributed by atoms with E-state index in [-0.39, 0.29) is 16.5 Å². The van der Waals surface area contributed by atoms with Crippen molar-refractivity contribution in [1.82, 2.24) is 0 Å². The summed E-state index contributed by atoms with van der Waals surface area (Å²) in [6, 6.07) is 37.9.